The van der Waals surface area contributed by atoms with Gasteiger partial charge in [0.25, 0.3) is 0 Å². The molecular weight excluding hydrogens is 723 g/mol. The second-order valence-corrected chi connectivity index (χ2v) is 17.6. The molecule has 0 aliphatic heterocycles. The zero-order valence-corrected chi connectivity index (χ0v) is 29.5. The van der Waals surface area contributed by atoms with E-state index >= 15 is 8.78 Å². The highest BCUT2D eigenvalue weighted by Gasteiger charge is 2.86. The molecule has 0 saturated heterocycles. The summed E-state index contributed by atoms with van der Waals surface area (Å²) in [5, 5.41) is -7.10. The highest BCUT2D eigenvalue weighted by atomic mass is 32.3. The number of halogens is 9. The summed E-state index contributed by atoms with van der Waals surface area (Å²) >= 11 is 0. The highest BCUT2D eigenvalue weighted by Crippen LogP contribution is 2.71. The summed E-state index contributed by atoms with van der Waals surface area (Å²) < 4.78 is 169. The third kappa shape index (κ3) is 7.76. The second kappa shape index (κ2) is 14.0. The van der Waals surface area contributed by atoms with Crippen molar-refractivity contribution < 1.29 is 61.0 Å². The summed E-state index contributed by atoms with van der Waals surface area (Å²) in [7, 11) is -11.6. The molecule has 50 heavy (non-hydrogen) atoms. The van der Waals surface area contributed by atoms with Crippen molar-refractivity contribution in [2.45, 2.75) is 90.3 Å². The van der Waals surface area contributed by atoms with Gasteiger partial charge in [0.15, 0.2) is 0 Å². The minimum atomic E-state index is -7.50. The van der Waals surface area contributed by atoms with Crippen LogP contribution in [0.1, 0.15) is 52.7 Å². The van der Waals surface area contributed by atoms with Crippen LogP contribution in [0.15, 0.2) is 100 Å². The molecule has 0 unspecified atom stereocenters. The van der Waals surface area contributed by atoms with Gasteiger partial charge < -0.3 is 9.47 Å². The van der Waals surface area contributed by atoms with Crippen LogP contribution in [-0.4, -0.2) is 44.9 Å². The van der Waals surface area contributed by atoms with Gasteiger partial charge in [0.2, 0.25) is 0 Å². The summed E-state index contributed by atoms with van der Waals surface area (Å²) in [5.74, 6) is -14.8. The summed E-state index contributed by atoms with van der Waals surface area (Å²) in [4.78, 5) is -0.607. The van der Waals surface area contributed by atoms with Crippen LogP contribution in [0.5, 0.6) is 5.75 Å². The number of alkyl halides is 9. The van der Waals surface area contributed by atoms with E-state index in [2.05, 4.69) is 6.58 Å². The van der Waals surface area contributed by atoms with Gasteiger partial charge in [0, 0.05) is 14.7 Å². The molecule has 0 spiro atoms. The fourth-order valence-corrected chi connectivity index (χ4v) is 9.71. The van der Waals surface area contributed by atoms with Crippen molar-refractivity contribution in [3.8, 4) is 5.75 Å². The predicted molar refractivity (Wildman–Crippen MR) is 172 cm³/mol. The van der Waals surface area contributed by atoms with Crippen LogP contribution in [0.25, 0.3) is 0 Å². The Morgan fingerprint density at radius 3 is 1.32 bits per heavy atom. The summed E-state index contributed by atoms with van der Waals surface area (Å²) in [6, 6.07) is 16.1. The Labute approximate surface area is 287 Å². The minimum Gasteiger partial charge on any atom is -0.498 e. The van der Waals surface area contributed by atoms with Crippen molar-refractivity contribution in [2.75, 3.05) is 13.2 Å². The molecule has 16 heteroatoms. The number of benzene rings is 3. The van der Waals surface area contributed by atoms with E-state index in [9.17, 15) is 39.2 Å². The topological polar surface area (TPSA) is 61.8 Å². The van der Waals surface area contributed by atoms with E-state index in [-0.39, 0.29) is 33.6 Å². The maximum Gasteiger partial charge on any atom is 0.460 e. The number of hydrogen-bond acceptors (Lipinski definition) is 5. The van der Waals surface area contributed by atoms with Crippen molar-refractivity contribution in [1.29, 1.82) is 0 Å². The number of ether oxygens (including phenoxy) is 2. The van der Waals surface area contributed by atoms with Gasteiger partial charge in [-0.3, -0.25) is 0 Å². The third-order valence-corrected chi connectivity index (χ3v) is 12.7. The van der Waals surface area contributed by atoms with Gasteiger partial charge in [0.1, 0.15) is 19.0 Å². The molecule has 0 heterocycles. The number of hydrogen-bond donors (Lipinski definition) is 0. The van der Waals surface area contributed by atoms with Crippen molar-refractivity contribution >= 4 is 20.4 Å². The zero-order chi connectivity index (χ0) is 38.2. The Morgan fingerprint density at radius 2 is 0.980 bits per heavy atom. The van der Waals surface area contributed by atoms with E-state index in [1.165, 1.54) is 79.1 Å². The first-order chi connectivity index (χ1) is 22.7. The molecule has 0 atom stereocenters. The van der Waals surface area contributed by atoms with Gasteiger partial charge in [-0.2, -0.15) is 47.9 Å². The Kier molecular flexibility index (Phi) is 11.5. The lowest BCUT2D eigenvalue weighted by Gasteiger charge is -2.42. The third-order valence-electron chi connectivity index (χ3n) is 7.47. The molecule has 0 bridgehead atoms. The molecule has 0 fully saturated rings. The van der Waals surface area contributed by atoms with Crippen molar-refractivity contribution in [1.82, 2.24) is 0 Å². The van der Waals surface area contributed by atoms with Crippen LogP contribution in [-0.2, 0) is 29.3 Å². The summed E-state index contributed by atoms with van der Waals surface area (Å²) in [5.41, 5.74) is 0.328. The molecule has 3 aromatic rings. The maximum absolute atomic E-state index is 15.3. The molecule has 0 aromatic heterocycles. The van der Waals surface area contributed by atoms with E-state index in [4.69, 9.17) is 13.1 Å². The lowest BCUT2D eigenvalue weighted by atomic mass is 9.87. The van der Waals surface area contributed by atoms with E-state index in [1.54, 1.807) is 0 Å². The van der Waals surface area contributed by atoms with Crippen molar-refractivity contribution in [2.24, 2.45) is 0 Å². The summed E-state index contributed by atoms with van der Waals surface area (Å²) in [6.45, 7) is 14.5. The zero-order valence-electron chi connectivity index (χ0n) is 27.9. The number of rotatable bonds is 13. The highest BCUT2D eigenvalue weighted by molar-refractivity contribution is 8.33. The molecule has 3 aromatic carbocycles. The normalized spacial score (nSPS) is 14.3. The first-order valence-corrected chi connectivity index (χ1v) is 17.8. The van der Waals surface area contributed by atoms with Crippen LogP contribution in [0.3, 0.4) is 0 Å². The molecule has 0 radical (unpaired) electrons. The fraction of sp³-hybridized carbons (Fsp3) is 0.412. The van der Waals surface area contributed by atoms with Gasteiger partial charge in [-0.25, -0.2) is 3.63 Å². The quantitative estimate of drug-likeness (QED) is 0.0986. The van der Waals surface area contributed by atoms with E-state index in [0.717, 1.165) is 0 Å². The first-order valence-electron chi connectivity index (χ1n) is 14.8. The Bertz CT molecular complexity index is 1670. The lowest BCUT2D eigenvalue weighted by molar-refractivity contribution is -0.382. The molecule has 278 valence electrons. The average molecular weight is 761 g/mol. The Hall–Kier alpha value is -3.37. The lowest BCUT2D eigenvalue weighted by Crippen LogP contribution is -2.63. The minimum absolute atomic E-state index is 0.00546. The van der Waals surface area contributed by atoms with Gasteiger partial charge in [-0.1, -0.05) is 72.4 Å². The van der Waals surface area contributed by atoms with E-state index in [1.807, 2.05) is 41.5 Å². The van der Waals surface area contributed by atoms with Crippen LogP contribution in [0.4, 0.5) is 39.5 Å². The molecule has 0 aliphatic rings. The van der Waals surface area contributed by atoms with Gasteiger partial charge in [-0.05, 0) is 80.8 Å². The molecule has 0 saturated carbocycles. The monoisotopic (exact) mass is 760 g/mol. The maximum atomic E-state index is 15.3. The first kappa shape index (κ1) is 41.1. The van der Waals surface area contributed by atoms with Crippen molar-refractivity contribution in [3.05, 3.63) is 96.8 Å². The van der Waals surface area contributed by atoms with Crippen LogP contribution in [0, 0.1) is 0 Å². The van der Waals surface area contributed by atoms with E-state index in [0.29, 0.717) is 11.1 Å². The van der Waals surface area contributed by atoms with Gasteiger partial charge in [0.05, 0.1) is 6.26 Å². The van der Waals surface area contributed by atoms with Crippen LogP contribution < -0.4 is 4.74 Å². The van der Waals surface area contributed by atoms with Crippen LogP contribution >= 0.6 is 10.3 Å². The molecule has 3 rings (SSSR count). The molecule has 0 N–H and O–H groups in total. The molecule has 5 nitrogen and oxygen atoms in total. The van der Waals surface area contributed by atoms with Gasteiger partial charge in [-0.15, -0.1) is 0 Å². The fourth-order valence-electron chi connectivity index (χ4n) is 4.53. The molecular formula is C34H37F9O5S2. The van der Waals surface area contributed by atoms with Crippen LogP contribution in [0.2, 0.25) is 0 Å². The Balaban J connectivity index is 2.41. The largest absolute Gasteiger partial charge is 0.498 e. The molecule has 0 aliphatic carbocycles. The summed E-state index contributed by atoms with van der Waals surface area (Å²) in [6.07, 6.45) is -6.08. The smallest absolute Gasteiger partial charge is 0.460 e. The standard InChI is InChI=1S/C34H37F9O5S2/c1-8-46-21-22-47-25-13-19-28(20-14-25)49(26-15-9-23(10-16-26)29(2,3)4,27-17-11-24(12-18-27)30(5,6)7)48-50(44,45)34(42,43)32(37,38)31(35,36)33(39,40)41/h8-20H,1,21-22H2,2-7H3. The second-order valence-electron chi connectivity index (χ2n) is 13.1. The average Bonchev–Trinajstić information content (AvgIpc) is 3.01. The SMILES string of the molecule is C=COCCOc1ccc(S(OS(=O)(=O)C(F)(F)C(F)(F)C(F)(F)C(F)(F)F)(c2ccc(C(C)(C)C)cc2)c2ccc(C(C)(C)C)cc2)cc1. The Morgan fingerprint density at radius 1 is 0.600 bits per heavy atom. The van der Waals surface area contributed by atoms with Crippen molar-refractivity contribution in [3.63, 3.8) is 0 Å². The molecule has 0 amide bonds. The predicted octanol–water partition coefficient (Wildman–Crippen LogP) is 10.8. The van der Waals surface area contributed by atoms with Gasteiger partial charge >= 0.3 is 33.4 Å². The van der Waals surface area contributed by atoms with E-state index < -0.39 is 54.5 Å².